The highest BCUT2D eigenvalue weighted by atomic mass is 15.3. The maximum atomic E-state index is 4.67. The van der Waals surface area contributed by atoms with Crippen LogP contribution in [0.15, 0.2) is 6.20 Å². The van der Waals surface area contributed by atoms with Crippen molar-refractivity contribution in [2.45, 2.75) is 38.8 Å². The Morgan fingerprint density at radius 2 is 2.35 bits per heavy atom. The van der Waals surface area contributed by atoms with Crippen LogP contribution < -0.4 is 10.2 Å². The molecular formula is C13H20N4. The molecule has 17 heavy (non-hydrogen) atoms. The van der Waals surface area contributed by atoms with Gasteiger partial charge in [-0.15, -0.1) is 0 Å². The molecule has 0 radical (unpaired) electrons. The molecule has 1 N–H and O–H groups in total. The molecule has 2 fully saturated rings. The Hall–Kier alpha value is -1.16. The Morgan fingerprint density at radius 1 is 1.47 bits per heavy atom. The van der Waals surface area contributed by atoms with Gasteiger partial charge in [0.05, 0.1) is 0 Å². The molecule has 2 heterocycles. The molecule has 0 aromatic carbocycles. The first-order valence-electron chi connectivity index (χ1n) is 6.51. The Morgan fingerprint density at radius 3 is 2.94 bits per heavy atom. The van der Waals surface area contributed by atoms with Gasteiger partial charge in [0.1, 0.15) is 0 Å². The molecule has 1 saturated heterocycles. The number of anilines is 1. The van der Waals surface area contributed by atoms with Crippen LogP contribution in [0.25, 0.3) is 0 Å². The van der Waals surface area contributed by atoms with Crippen molar-refractivity contribution < 1.29 is 0 Å². The van der Waals surface area contributed by atoms with Crippen LogP contribution in [0.2, 0.25) is 0 Å². The van der Waals surface area contributed by atoms with Crippen LogP contribution in [0.1, 0.15) is 30.5 Å². The van der Waals surface area contributed by atoms with E-state index in [1.54, 1.807) is 0 Å². The van der Waals surface area contributed by atoms with Gasteiger partial charge in [-0.25, -0.2) is 9.97 Å². The normalized spacial score (nSPS) is 26.8. The summed E-state index contributed by atoms with van der Waals surface area (Å²) in [5, 5.41) is 3.15. The number of piperidine rings is 1. The van der Waals surface area contributed by atoms with Crippen LogP contribution in [0.5, 0.6) is 0 Å². The van der Waals surface area contributed by atoms with E-state index in [1.165, 1.54) is 24.8 Å². The molecule has 1 aliphatic heterocycles. The van der Waals surface area contributed by atoms with Crippen LogP contribution in [-0.4, -0.2) is 29.6 Å². The lowest BCUT2D eigenvalue weighted by atomic mass is 10.1. The second-order valence-corrected chi connectivity index (χ2v) is 5.30. The Bertz CT molecular complexity index is 418. The van der Waals surface area contributed by atoms with Crippen LogP contribution in [-0.2, 0) is 6.54 Å². The zero-order valence-corrected chi connectivity index (χ0v) is 10.6. The first-order valence-corrected chi connectivity index (χ1v) is 6.51. The lowest BCUT2D eigenvalue weighted by Crippen LogP contribution is -2.33. The van der Waals surface area contributed by atoms with Crippen molar-refractivity contribution in [1.29, 1.82) is 0 Å². The van der Waals surface area contributed by atoms with Crippen molar-refractivity contribution in [3.8, 4) is 0 Å². The molecule has 0 amide bonds. The van der Waals surface area contributed by atoms with Gasteiger partial charge in [-0.05, 0) is 39.2 Å². The third-order valence-corrected chi connectivity index (χ3v) is 4.10. The minimum absolute atomic E-state index is 0.703. The van der Waals surface area contributed by atoms with Gasteiger partial charge >= 0.3 is 0 Å². The van der Waals surface area contributed by atoms with E-state index >= 15 is 0 Å². The predicted molar refractivity (Wildman–Crippen MR) is 68.0 cm³/mol. The van der Waals surface area contributed by atoms with Crippen LogP contribution >= 0.6 is 0 Å². The fourth-order valence-electron chi connectivity index (χ4n) is 3.15. The van der Waals surface area contributed by atoms with Gasteiger partial charge in [-0.1, -0.05) is 0 Å². The first-order chi connectivity index (χ1) is 8.28. The molecule has 2 atom stereocenters. The molecule has 1 aromatic rings. The summed E-state index contributed by atoms with van der Waals surface area (Å²) in [4.78, 5) is 11.6. The van der Waals surface area contributed by atoms with Gasteiger partial charge in [0, 0.05) is 36.6 Å². The van der Waals surface area contributed by atoms with Crippen LogP contribution in [0.4, 0.5) is 5.95 Å². The summed E-state index contributed by atoms with van der Waals surface area (Å²) < 4.78 is 0. The van der Waals surface area contributed by atoms with Gasteiger partial charge in [-0.3, -0.25) is 0 Å². The van der Waals surface area contributed by atoms with E-state index in [1.807, 2.05) is 13.2 Å². The minimum Gasteiger partial charge on any atom is -0.338 e. The van der Waals surface area contributed by atoms with E-state index in [4.69, 9.17) is 0 Å². The number of hydrogen-bond acceptors (Lipinski definition) is 4. The molecular weight excluding hydrogens is 212 g/mol. The summed E-state index contributed by atoms with van der Waals surface area (Å²) in [7, 11) is 1.95. The van der Waals surface area contributed by atoms with Gasteiger partial charge in [0.25, 0.3) is 0 Å². The van der Waals surface area contributed by atoms with Crippen molar-refractivity contribution in [1.82, 2.24) is 15.3 Å². The number of aryl methyl sites for hydroxylation is 1. The minimum atomic E-state index is 0.703. The molecule has 0 spiro atoms. The maximum Gasteiger partial charge on any atom is 0.225 e. The Balaban J connectivity index is 1.82. The van der Waals surface area contributed by atoms with E-state index in [0.717, 1.165) is 30.6 Å². The second-order valence-electron chi connectivity index (χ2n) is 5.30. The van der Waals surface area contributed by atoms with Crippen LogP contribution in [0, 0.1) is 12.8 Å². The first kappa shape index (κ1) is 11.0. The van der Waals surface area contributed by atoms with Crippen molar-refractivity contribution >= 4 is 5.95 Å². The molecule has 2 aliphatic rings. The summed E-state index contributed by atoms with van der Waals surface area (Å²) in [6.07, 6.45) is 6.05. The fraction of sp³-hybridized carbons (Fsp3) is 0.692. The number of hydrogen-bond donors (Lipinski definition) is 1. The third kappa shape index (κ3) is 1.90. The highest BCUT2D eigenvalue weighted by Gasteiger charge is 2.38. The van der Waals surface area contributed by atoms with E-state index in [0.29, 0.717) is 6.04 Å². The van der Waals surface area contributed by atoms with E-state index in [2.05, 4.69) is 27.1 Å². The molecule has 1 aliphatic carbocycles. The molecule has 4 heteroatoms. The number of fused-ring (bicyclic) bond motifs is 2. The summed E-state index contributed by atoms with van der Waals surface area (Å²) in [5.41, 5.74) is 2.30. The van der Waals surface area contributed by atoms with Gasteiger partial charge in [-0.2, -0.15) is 0 Å². The average molecular weight is 232 g/mol. The van der Waals surface area contributed by atoms with Crippen molar-refractivity contribution in [3.05, 3.63) is 17.5 Å². The Labute approximate surface area is 102 Å². The highest BCUT2D eigenvalue weighted by Crippen LogP contribution is 2.38. The molecule has 1 saturated carbocycles. The standard InChI is InChI=1S/C13H20N4/c1-9-11(6-14-2)7-15-13(16-9)17-8-10-3-4-12(17)5-10/h7,10,12,14H,3-6,8H2,1-2H3. The monoisotopic (exact) mass is 232 g/mol. The van der Waals surface area contributed by atoms with Crippen LogP contribution in [0.3, 0.4) is 0 Å². The molecule has 2 bridgehead atoms. The quantitative estimate of drug-likeness (QED) is 0.857. The lowest BCUT2D eigenvalue weighted by Gasteiger charge is -2.27. The van der Waals surface area contributed by atoms with Crippen molar-refractivity contribution in [3.63, 3.8) is 0 Å². The smallest absolute Gasteiger partial charge is 0.225 e. The van der Waals surface area contributed by atoms with E-state index < -0.39 is 0 Å². The van der Waals surface area contributed by atoms with Gasteiger partial charge < -0.3 is 10.2 Å². The topological polar surface area (TPSA) is 41.1 Å². The molecule has 92 valence electrons. The highest BCUT2D eigenvalue weighted by molar-refractivity contribution is 5.37. The van der Waals surface area contributed by atoms with Crippen molar-refractivity contribution in [2.24, 2.45) is 5.92 Å². The Kier molecular flexibility index (Phi) is 2.74. The van der Waals surface area contributed by atoms with E-state index in [9.17, 15) is 0 Å². The fourth-order valence-corrected chi connectivity index (χ4v) is 3.15. The van der Waals surface area contributed by atoms with Gasteiger partial charge in [0.15, 0.2) is 0 Å². The largest absolute Gasteiger partial charge is 0.338 e. The summed E-state index contributed by atoms with van der Waals surface area (Å²) in [6.45, 7) is 4.08. The summed E-state index contributed by atoms with van der Waals surface area (Å²) in [5.74, 6) is 1.83. The molecule has 1 aromatic heterocycles. The zero-order chi connectivity index (χ0) is 11.8. The van der Waals surface area contributed by atoms with Gasteiger partial charge in [0.2, 0.25) is 5.95 Å². The summed E-state index contributed by atoms with van der Waals surface area (Å²) in [6, 6.07) is 0.703. The molecule has 4 nitrogen and oxygen atoms in total. The zero-order valence-electron chi connectivity index (χ0n) is 10.6. The lowest BCUT2D eigenvalue weighted by molar-refractivity contribution is 0.545. The second kappa shape index (κ2) is 4.26. The number of nitrogens with zero attached hydrogens (tertiary/aromatic N) is 3. The van der Waals surface area contributed by atoms with Crippen molar-refractivity contribution in [2.75, 3.05) is 18.5 Å². The van der Waals surface area contributed by atoms with E-state index in [-0.39, 0.29) is 0 Å². The maximum absolute atomic E-state index is 4.67. The predicted octanol–water partition coefficient (Wildman–Crippen LogP) is 1.49. The SMILES string of the molecule is CNCc1cnc(N2CC3CCC2C3)nc1C. The average Bonchev–Trinajstić information content (AvgIpc) is 2.94. The summed E-state index contributed by atoms with van der Waals surface area (Å²) >= 11 is 0. The third-order valence-electron chi connectivity index (χ3n) is 4.10. The number of rotatable bonds is 3. The number of nitrogens with one attached hydrogen (secondary N) is 1. The molecule has 3 rings (SSSR count). The molecule has 2 unspecified atom stereocenters. The number of aromatic nitrogens is 2.